The van der Waals surface area contributed by atoms with Crippen LogP contribution in [0.5, 0.6) is 0 Å². The lowest BCUT2D eigenvalue weighted by Crippen LogP contribution is -2.66. The molecule has 4 aliphatic carbocycles. The van der Waals surface area contributed by atoms with Crippen molar-refractivity contribution >= 4 is 0 Å². The molecule has 304 valence electrons. The van der Waals surface area contributed by atoms with Crippen LogP contribution in [-0.2, 0) is 28.4 Å². The molecule has 0 radical (unpaired) electrons. The van der Waals surface area contributed by atoms with E-state index in [1.807, 2.05) is 6.92 Å². The van der Waals surface area contributed by atoms with Gasteiger partial charge in [0.25, 0.3) is 0 Å². The molecular formula is C38H62O15. The van der Waals surface area contributed by atoms with E-state index >= 15 is 0 Å². The van der Waals surface area contributed by atoms with E-state index in [9.17, 15) is 46.0 Å². The molecule has 15 nitrogen and oxygen atoms in total. The van der Waals surface area contributed by atoms with Crippen LogP contribution in [0, 0.1) is 52.3 Å². The van der Waals surface area contributed by atoms with Crippen molar-refractivity contribution in [2.24, 2.45) is 52.3 Å². The Bertz CT molecular complexity index is 1320. The van der Waals surface area contributed by atoms with Gasteiger partial charge in [0.05, 0.1) is 44.2 Å². The second-order valence-corrected chi connectivity index (χ2v) is 18.5. The van der Waals surface area contributed by atoms with Crippen LogP contribution in [0.3, 0.4) is 0 Å². The summed E-state index contributed by atoms with van der Waals surface area (Å²) >= 11 is 0. The third kappa shape index (κ3) is 5.93. The molecule has 9 N–H and O–H groups in total. The predicted molar refractivity (Wildman–Crippen MR) is 181 cm³/mol. The standard InChI is InChI=1S/C38H62O15/c1-15-13-49-38(11-24(15)50-35-32(47)30(45)29(44)25(12-39)51-35)16(2)26-23(53-38)10-20-18-6-5-17-9-21(40)28(43)33(37(17,4)19(18)7-8-36(20,26)3)52-34-31(46)27(42)22(41)14-48-34/h15-35,39-47H,5-14H2,1-4H3/t15-,16+,17-,18-,19+,20+,21+,22+,23+,24+,25-,26+,27+,28?,29-,30+,31-,32-,33-,34+,35-,36+,37+,38-/m1/s1. The van der Waals surface area contributed by atoms with Gasteiger partial charge < -0.3 is 74.4 Å². The number of aliphatic hydroxyl groups excluding tert-OH is 9. The minimum absolute atomic E-state index is 0.00817. The van der Waals surface area contributed by atoms with Gasteiger partial charge in [-0.2, -0.15) is 0 Å². The molecule has 4 aliphatic heterocycles. The van der Waals surface area contributed by atoms with Crippen LogP contribution < -0.4 is 0 Å². The summed E-state index contributed by atoms with van der Waals surface area (Å²) in [5.74, 6) is 0.0805. The molecule has 1 spiro atoms. The summed E-state index contributed by atoms with van der Waals surface area (Å²) in [6.07, 6.45) is -10.5. The van der Waals surface area contributed by atoms with Crippen molar-refractivity contribution in [3.05, 3.63) is 0 Å². The Morgan fingerprint density at radius 2 is 1.47 bits per heavy atom. The van der Waals surface area contributed by atoms with Crippen LogP contribution in [0.1, 0.15) is 72.6 Å². The topological polar surface area (TPSA) is 237 Å². The minimum atomic E-state index is -1.53. The highest BCUT2D eigenvalue weighted by atomic mass is 16.7. The molecule has 1 unspecified atom stereocenters. The van der Waals surface area contributed by atoms with Gasteiger partial charge in [-0.25, -0.2) is 0 Å². The van der Waals surface area contributed by atoms with E-state index in [1.165, 1.54) is 0 Å². The maximum absolute atomic E-state index is 11.5. The summed E-state index contributed by atoms with van der Waals surface area (Å²) < 4.78 is 37.7. The lowest BCUT2D eigenvalue weighted by atomic mass is 9.43. The first kappa shape index (κ1) is 39.2. The summed E-state index contributed by atoms with van der Waals surface area (Å²) in [4.78, 5) is 0. The van der Waals surface area contributed by atoms with E-state index < -0.39 is 97.5 Å². The van der Waals surface area contributed by atoms with Crippen LogP contribution in [0.2, 0.25) is 0 Å². The zero-order valence-corrected chi connectivity index (χ0v) is 31.2. The molecule has 4 saturated heterocycles. The van der Waals surface area contributed by atoms with Crippen molar-refractivity contribution in [3.8, 4) is 0 Å². The molecule has 8 fully saturated rings. The van der Waals surface area contributed by atoms with Gasteiger partial charge in [-0.15, -0.1) is 0 Å². The number of hydrogen-bond acceptors (Lipinski definition) is 15. The molecule has 0 aromatic heterocycles. The Labute approximate surface area is 310 Å². The summed E-state index contributed by atoms with van der Waals surface area (Å²) in [7, 11) is 0. The fourth-order valence-electron chi connectivity index (χ4n) is 13.1. The Hall–Kier alpha value is -0.600. The van der Waals surface area contributed by atoms with Gasteiger partial charge in [0.1, 0.15) is 48.8 Å². The highest BCUT2D eigenvalue weighted by Crippen LogP contribution is 2.71. The Kier molecular flexibility index (Phi) is 10.4. The molecule has 4 heterocycles. The summed E-state index contributed by atoms with van der Waals surface area (Å²) in [6.45, 7) is 8.36. The Balaban J connectivity index is 1.00. The first-order valence-electron chi connectivity index (χ1n) is 20.0. The summed E-state index contributed by atoms with van der Waals surface area (Å²) in [6, 6.07) is 0. The Morgan fingerprint density at radius 1 is 0.736 bits per heavy atom. The molecule has 15 heteroatoms. The van der Waals surface area contributed by atoms with E-state index in [0.29, 0.717) is 31.3 Å². The highest BCUT2D eigenvalue weighted by molar-refractivity contribution is 5.17. The first-order chi connectivity index (χ1) is 25.1. The molecule has 8 aliphatic rings. The van der Waals surface area contributed by atoms with E-state index in [1.54, 1.807) is 0 Å². The van der Waals surface area contributed by atoms with Crippen LogP contribution in [-0.4, -0.2) is 157 Å². The van der Waals surface area contributed by atoms with E-state index in [2.05, 4.69) is 20.8 Å². The maximum atomic E-state index is 11.5. The van der Waals surface area contributed by atoms with Crippen molar-refractivity contribution in [2.45, 2.75) is 164 Å². The SMILES string of the molecule is C[C@@H]1CO[C@]2(C[C@@H]1O[C@@H]1O[C@H](CO)[C@@H](O)[C@H](O)[C@H]1O)O[C@H]1C[C@H]3[C@@H]4CC[C@@H]5C[C@H](O)C(O)[C@@H](O[C@@H]6OC[C@H](O)[C@H](O)[C@H]6O)[C@]5(C)[C@H]4CC[C@]3(C)[C@H]1[C@@H]2C. The second-order valence-electron chi connectivity index (χ2n) is 18.5. The van der Waals surface area contributed by atoms with Crippen LogP contribution in [0.15, 0.2) is 0 Å². The summed E-state index contributed by atoms with van der Waals surface area (Å²) in [5.41, 5.74) is -0.611. The molecule has 53 heavy (non-hydrogen) atoms. The number of rotatable bonds is 5. The monoisotopic (exact) mass is 758 g/mol. The fraction of sp³-hybridized carbons (Fsp3) is 1.00. The molecule has 24 atom stereocenters. The maximum Gasteiger partial charge on any atom is 0.186 e. The van der Waals surface area contributed by atoms with E-state index in [4.69, 9.17) is 28.4 Å². The van der Waals surface area contributed by atoms with Gasteiger partial charge in [0, 0.05) is 23.7 Å². The molecule has 0 aromatic rings. The largest absolute Gasteiger partial charge is 0.394 e. The van der Waals surface area contributed by atoms with E-state index in [0.717, 1.165) is 32.1 Å². The predicted octanol–water partition coefficient (Wildman–Crippen LogP) is -1.01. The van der Waals surface area contributed by atoms with Crippen LogP contribution in [0.25, 0.3) is 0 Å². The van der Waals surface area contributed by atoms with Gasteiger partial charge in [-0.3, -0.25) is 0 Å². The average molecular weight is 759 g/mol. The lowest BCUT2D eigenvalue weighted by molar-refractivity contribution is -0.344. The van der Waals surface area contributed by atoms with Crippen molar-refractivity contribution < 1.29 is 74.4 Å². The molecule has 0 bridgehead atoms. The van der Waals surface area contributed by atoms with Gasteiger partial charge >= 0.3 is 0 Å². The number of ether oxygens (including phenoxy) is 6. The van der Waals surface area contributed by atoms with Crippen LogP contribution in [0.4, 0.5) is 0 Å². The quantitative estimate of drug-likeness (QED) is 0.163. The smallest absolute Gasteiger partial charge is 0.186 e. The van der Waals surface area contributed by atoms with E-state index in [-0.39, 0.29) is 47.7 Å². The van der Waals surface area contributed by atoms with Gasteiger partial charge in [0.2, 0.25) is 0 Å². The van der Waals surface area contributed by atoms with Crippen molar-refractivity contribution in [1.29, 1.82) is 0 Å². The number of aliphatic hydroxyl groups is 9. The molecule has 4 saturated carbocycles. The van der Waals surface area contributed by atoms with Crippen molar-refractivity contribution in [2.75, 3.05) is 19.8 Å². The number of fused-ring (bicyclic) bond motifs is 7. The van der Waals surface area contributed by atoms with Crippen molar-refractivity contribution in [1.82, 2.24) is 0 Å². The Morgan fingerprint density at radius 3 is 2.21 bits per heavy atom. The van der Waals surface area contributed by atoms with Gasteiger partial charge in [0.15, 0.2) is 18.4 Å². The second kappa shape index (κ2) is 14.0. The van der Waals surface area contributed by atoms with Crippen molar-refractivity contribution in [3.63, 3.8) is 0 Å². The highest BCUT2D eigenvalue weighted by Gasteiger charge is 2.71. The molecular weight excluding hydrogens is 696 g/mol. The average Bonchev–Trinajstić information content (AvgIpc) is 3.57. The third-order valence-corrected chi connectivity index (χ3v) is 16.1. The lowest BCUT2D eigenvalue weighted by Gasteiger charge is -2.64. The molecule has 0 aromatic carbocycles. The van der Waals surface area contributed by atoms with Crippen LogP contribution >= 0.6 is 0 Å². The zero-order valence-electron chi connectivity index (χ0n) is 31.2. The normalized spacial score (nSPS) is 61.0. The summed E-state index contributed by atoms with van der Waals surface area (Å²) in [5, 5.41) is 94.7. The fourth-order valence-corrected chi connectivity index (χ4v) is 13.1. The molecule has 0 amide bonds. The van der Waals surface area contributed by atoms with Gasteiger partial charge in [-0.1, -0.05) is 27.7 Å². The third-order valence-electron chi connectivity index (χ3n) is 16.1. The first-order valence-corrected chi connectivity index (χ1v) is 20.0. The number of hydrogen-bond donors (Lipinski definition) is 9. The zero-order chi connectivity index (χ0) is 37.9. The minimum Gasteiger partial charge on any atom is -0.394 e. The molecule has 8 rings (SSSR count). The van der Waals surface area contributed by atoms with Gasteiger partial charge in [-0.05, 0) is 73.5 Å².